The van der Waals surface area contributed by atoms with Gasteiger partial charge < -0.3 is 15.4 Å². The van der Waals surface area contributed by atoms with Gasteiger partial charge in [-0.3, -0.25) is 4.79 Å². The number of carbonyl (C=O) groups excluding carboxylic acids is 1. The summed E-state index contributed by atoms with van der Waals surface area (Å²) in [5, 5.41) is 5.89. The summed E-state index contributed by atoms with van der Waals surface area (Å²) in [5.74, 6) is -0.279. The Morgan fingerprint density at radius 3 is 2.56 bits per heavy atom. The van der Waals surface area contributed by atoms with Gasteiger partial charge in [0.15, 0.2) is 0 Å². The van der Waals surface area contributed by atoms with E-state index in [1.165, 1.54) is 16.4 Å². The first kappa shape index (κ1) is 19.8. The number of benzene rings is 1. The number of likely N-dealkylation sites (N-methyl/N-ethyl adjacent to an activating group) is 1. The van der Waals surface area contributed by atoms with Gasteiger partial charge in [0.2, 0.25) is 10.0 Å². The fraction of sp³-hybridized carbons (Fsp3) is 0.588. The minimum atomic E-state index is -3.65. The van der Waals surface area contributed by atoms with E-state index in [4.69, 9.17) is 4.74 Å². The highest BCUT2D eigenvalue weighted by molar-refractivity contribution is 7.89. The Labute approximate surface area is 149 Å². The van der Waals surface area contributed by atoms with E-state index in [0.717, 1.165) is 6.54 Å². The van der Waals surface area contributed by atoms with E-state index >= 15 is 0 Å². The fourth-order valence-electron chi connectivity index (χ4n) is 2.82. The first-order valence-electron chi connectivity index (χ1n) is 8.59. The Morgan fingerprint density at radius 1 is 1.24 bits per heavy atom. The average Bonchev–Trinajstić information content (AvgIpc) is 2.58. The van der Waals surface area contributed by atoms with Crippen molar-refractivity contribution in [1.29, 1.82) is 0 Å². The molecule has 0 saturated carbocycles. The van der Waals surface area contributed by atoms with Crippen LogP contribution in [0.2, 0.25) is 0 Å². The molecule has 0 aliphatic carbocycles. The smallest absolute Gasteiger partial charge is 0.251 e. The maximum atomic E-state index is 12.9. The summed E-state index contributed by atoms with van der Waals surface area (Å²) in [6.45, 7) is 8.31. The lowest BCUT2D eigenvalue weighted by atomic mass is 10.2. The van der Waals surface area contributed by atoms with E-state index in [2.05, 4.69) is 10.6 Å². The molecule has 0 radical (unpaired) electrons. The second-order valence-corrected chi connectivity index (χ2v) is 8.15. The molecule has 2 rings (SSSR count). The number of ether oxygens (including phenoxy) is 1. The van der Waals surface area contributed by atoms with E-state index < -0.39 is 10.0 Å². The van der Waals surface area contributed by atoms with Crippen molar-refractivity contribution in [3.05, 3.63) is 29.8 Å². The van der Waals surface area contributed by atoms with Crippen LogP contribution in [0.5, 0.6) is 0 Å². The summed E-state index contributed by atoms with van der Waals surface area (Å²) in [6.07, 6.45) is -0.313. The molecule has 25 heavy (non-hydrogen) atoms. The number of rotatable bonds is 7. The molecule has 1 fully saturated rings. The third kappa shape index (κ3) is 5.24. The number of nitrogens with one attached hydrogen (secondary N) is 2. The van der Waals surface area contributed by atoms with Gasteiger partial charge in [-0.25, -0.2) is 8.42 Å². The van der Waals surface area contributed by atoms with Crippen molar-refractivity contribution >= 4 is 15.9 Å². The Kier molecular flexibility index (Phi) is 6.95. The molecule has 2 unspecified atom stereocenters. The van der Waals surface area contributed by atoms with Gasteiger partial charge in [0, 0.05) is 31.7 Å². The second kappa shape index (κ2) is 8.75. The van der Waals surface area contributed by atoms with Crippen LogP contribution in [-0.4, -0.2) is 63.6 Å². The van der Waals surface area contributed by atoms with Crippen molar-refractivity contribution in [2.45, 2.75) is 37.9 Å². The standard InChI is InChI=1S/C17H27N3O4S/c1-4-18-8-9-19-17(21)15-6-5-7-16(10-15)25(22,23)20-11-13(2)24-14(3)12-20/h5-7,10,13-14,18H,4,8-9,11-12H2,1-3H3,(H,19,21). The van der Waals surface area contributed by atoms with Gasteiger partial charge in [0.25, 0.3) is 5.91 Å². The molecule has 140 valence electrons. The minimum absolute atomic E-state index is 0.133. The van der Waals surface area contributed by atoms with Crippen LogP contribution in [0.1, 0.15) is 31.1 Å². The van der Waals surface area contributed by atoms with Crippen molar-refractivity contribution < 1.29 is 17.9 Å². The molecule has 2 atom stereocenters. The van der Waals surface area contributed by atoms with Gasteiger partial charge >= 0.3 is 0 Å². The van der Waals surface area contributed by atoms with Crippen molar-refractivity contribution in [1.82, 2.24) is 14.9 Å². The molecule has 8 heteroatoms. The zero-order valence-corrected chi connectivity index (χ0v) is 15.8. The first-order chi connectivity index (χ1) is 11.8. The lowest BCUT2D eigenvalue weighted by molar-refractivity contribution is -0.0440. The molecule has 0 aromatic heterocycles. The van der Waals surface area contributed by atoms with E-state index in [0.29, 0.717) is 31.7 Å². The summed E-state index contributed by atoms with van der Waals surface area (Å²) in [7, 11) is -3.65. The number of sulfonamides is 1. The summed E-state index contributed by atoms with van der Waals surface area (Å²) >= 11 is 0. The predicted molar refractivity (Wildman–Crippen MR) is 96.1 cm³/mol. The van der Waals surface area contributed by atoms with Gasteiger partial charge in [0.05, 0.1) is 17.1 Å². The lowest BCUT2D eigenvalue weighted by Gasteiger charge is -2.34. The molecule has 1 heterocycles. The summed E-state index contributed by atoms with van der Waals surface area (Å²) in [5.41, 5.74) is 0.340. The zero-order valence-electron chi connectivity index (χ0n) is 15.0. The number of amides is 1. The highest BCUT2D eigenvalue weighted by Gasteiger charge is 2.32. The second-order valence-electron chi connectivity index (χ2n) is 6.22. The van der Waals surface area contributed by atoms with E-state index in [1.807, 2.05) is 20.8 Å². The average molecular weight is 369 g/mol. The molecule has 1 aromatic rings. The van der Waals surface area contributed by atoms with Gasteiger partial charge in [-0.2, -0.15) is 4.31 Å². The van der Waals surface area contributed by atoms with Gasteiger partial charge in [-0.05, 0) is 38.6 Å². The number of nitrogens with zero attached hydrogens (tertiary/aromatic N) is 1. The predicted octanol–water partition coefficient (Wildman–Crippen LogP) is 0.824. The molecule has 1 aromatic carbocycles. The molecule has 0 spiro atoms. The minimum Gasteiger partial charge on any atom is -0.373 e. The molecule has 1 aliphatic heterocycles. The van der Waals surface area contributed by atoms with Gasteiger partial charge in [0.1, 0.15) is 0 Å². The normalized spacial score (nSPS) is 21.9. The molecule has 2 N–H and O–H groups in total. The van der Waals surface area contributed by atoms with Crippen LogP contribution < -0.4 is 10.6 Å². The lowest BCUT2D eigenvalue weighted by Crippen LogP contribution is -2.48. The third-order valence-electron chi connectivity index (χ3n) is 3.96. The summed E-state index contributed by atoms with van der Waals surface area (Å²) < 4.78 is 32.8. The number of morpholine rings is 1. The first-order valence-corrected chi connectivity index (χ1v) is 10.0. The molecule has 1 saturated heterocycles. The Balaban J connectivity index is 2.12. The maximum absolute atomic E-state index is 12.9. The quantitative estimate of drug-likeness (QED) is 0.695. The summed E-state index contributed by atoms with van der Waals surface area (Å²) in [4.78, 5) is 12.3. The van der Waals surface area contributed by atoms with E-state index in [-0.39, 0.29) is 23.0 Å². The SMILES string of the molecule is CCNCCNC(=O)c1cccc(S(=O)(=O)N2CC(C)OC(C)C2)c1. The van der Waals surface area contributed by atoms with Crippen LogP contribution in [0, 0.1) is 0 Å². The highest BCUT2D eigenvalue weighted by Crippen LogP contribution is 2.21. The van der Waals surface area contributed by atoms with Crippen LogP contribution in [0.3, 0.4) is 0 Å². The number of hydrogen-bond acceptors (Lipinski definition) is 5. The van der Waals surface area contributed by atoms with Crippen molar-refractivity contribution in [2.75, 3.05) is 32.7 Å². The highest BCUT2D eigenvalue weighted by atomic mass is 32.2. The summed E-state index contributed by atoms with van der Waals surface area (Å²) in [6, 6.07) is 6.17. The van der Waals surface area contributed by atoms with Gasteiger partial charge in [-0.15, -0.1) is 0 Å². The Morgan fingerprint density at radius 2 is 1.92 bits per heavy atom. The molecule has 7 nitrogen and oxygen atoms in total. The Hall–Kier alpha value is -1.48. The van der Waals surface area contributed by atoms with Gasteiger partial charge in [-0.1, -0.05) is 13.0 Å². The van der Waals surface area contributed by atoms with Crippen LogP contribution in [0.15, 0.2) is 29.2 Å². The topological polar surface area (TPSA) is 87.7 Å². The molecule has 1 amide bonds. The van der Waals surface area contributed by atoms with Crippen LogP contribution in [0.25, 0.3) is 0 Å². The van der Waals surface area contributed by atoms with Crippen molar-refractivity contribution in [2.24, 2.45) is 0 Å². The maximum Gasteiger partial charge on any atom is 0.251 e. The zero-order chi connectivity index (χ0) is 18.4. The fourth-order valence-corrected chi connectivity index (χ4v) is 4.45. The monoisotopic (exact) mass is 369 g/mol. The van der Waals surface area contributed by atoms with Crippen LogP contribution >= 0.6 is 0 Å². The van der Waals surface area contributed by atoms with Crippen molar-refractivity contribution in [3.63, 3.8) is 0 Å². The number of hydrogen-bond donors (Lipinski definition) is 2. The van der Waals surface area contributed by atoms with E-state index in [9.17, 15) is 13.2 Å². The van der Waals surface area contributed by atoms with Crippen LogP contribution in [-0.2, 0) is 14.8 Å². The molecule has 1 aliphatic rings. The van der Waals surface area contributed by atoms with Crippen LogP contribution in [0.4, 0.5) is 0 Å². The van der Waals surface area contributed by atoms with E-state index in [1.54, 1.807) is 12.1 Å². The number of carbonyl (C=O) groups is 1. The molecular weight excluding hydrogens is 342 g/mol. The van der Waals surface area contributed by atoms with Crippen molar-refractivity contribution in [3.8, 4) is 0 Å². The Bertz CT molecular complexity index is 683. The third-order valence-corrected chi connectivity index (χ3v) is 5.79. The largest absolute Gasteiger partial charge is 0.373 e. The molecular formula is C17H27N3O4S. The molecule has 0 bridgehead atoms.